The van der Waals surface area contributed by atoms with Gasteiger partial charge in [0.1, 0.15) is 5.75 Å². The maximum absolute atomic E-state index is 12.0. The zero-order chi connectivity index (χ0) is 14.8. The quantitative estimate of drug-likeness (QED) is 0.942. The van der Waals surface area contributed by atoms with Gasteiger partial charge in [0.2, 0.25) is 0 Å². The third-order valence-corrected chi connectivity index (χ3v) is 2.38. The summed E-state index contributed by atoms with van der Waals surface area (Å²) >= 11 is 0. The van der Waals surface area contributed by atoms with Crippen LogP contribution in [0.15, 0.2) is 36.5 Å². The van der Waals surface area contributed by atoms with E-state index in [2.05, 4.69) is 9.84 Å². The van der Waals surface area contributed by atoms with E-state index in [4.69, 9.17) is 5.11 Å². The van der Waals surface area contributed by atoms with Gasteiger partial charge in [-0.25, -0.2) is 4.79 Å². The van der Waals surface area contributed by atoms with Crippen LogP contribution in [0.4, 0.5) is 18.0 Å². The van der Waals surface area contributed by atoms with Crippen molar-refractivity contribution in [1.82, 2.24) is 9.78 Å². The molecule has 8 heteroatoms. The Morgan fingerprint density at radius 2 is 1.90 bits per heavy atom. The molecule has 1 N–H and O–H groups in total. The van der Waals surface area contributed by atoms with Crippen molar-refractivity contribution < 1.29 is 27.8 Å². The van der Waals surface area contributed by atoms with Gasteiger partial charge >= 0.3 is 12.5 Å². The van der Waals surface area contributed by atoms with Gasteiger partial charge in [0.05, 0.1) is 5.69 Å². The Bertz CT molecular complexity index is 605. The zero-order valence-corrected chi connectivity index (χ0v) is 9.96. The smallest absolute Gasteiger partial charge is 0.463 e. The number of carboxylic acid groups (broad SMARTS) is 1. The average Bonchev–Trinajstić information content (AvgIpc) is 2.78. The lowest BCUT2D eigenvalue weighted by molar-refractivity contribution is -0.274. The second-order valence-electron chi connectivity index (χ2n) is 3.90. The normalized spacial score (nSPS) is 11.3. The van der Waals surface area contributed by atoms with Crippen LogP contribution in [0.5, 0.6) is 5.75 Å². The van der Waals surface area contributed by atoms with Crippen molar-refractivity contribution in [3.8, 4) is 5.75 Å². The highest BCUT2D eigenvalue weighted by atomic mass is 19.4. The lowest BCUT2D eigenvalue weighted by Crippen LogP contribution is -2.17. The largest absolute Gasteiger partial charge is 0.573 e. The molecule has 20 heavy (non-hydrogen) atoms. The highest BCUT2D eigenvalue weighted by Crippen LogP contribution is 2.23. The molecule has 5 nitrogen and oxygen atoms in total. The van der Waals surface area contributed by atoms with Crippen molar-refractivity contribution in [3.63, 3.8) is 0 Å². The fourth-order valence-electron chi connectivity index (χ4n) is 1.58. The van der Waals surface area contributed by atoms with Crippen LogP contribution in [0.2, 0.25) is 0 Å². The topological polar surface area (TPSA) is 64.3 Å². The Morgan fingerprint density at radius 1 is 1.25 bits per heavy atom. The highest BCUT2D eigenvalue weighted by Gasteiger charge is 2.30. The third kappa shape index (κ3) is 3.74. The first-order chi connectivity index (χ1) is 9.33. The molecule has 0 spiro atoms. The minimum atomic E-state index is -4.72. The number of alkyl halides is 3. The first kappa shape index (κ1) is 13.9. The Balaban J connectivity index is 2.04. The molecule has 1 aromatic heterocycles. The van der Waals surface area contributed by atoms with E-state index in [1.54, 1.807) is 0 Å². The van der Waals surface area contributed by atoms with Gasteiger partial charge in [0.15, 0.2) is 0 Å². The van der Waals surface area contributed by atoms with Gasteiger partial charge in [-0.2, -0.15) is 9.78 Å². The second-order valence-corrected chi connectivity index (χ2v) is 3.90. The number of halogens is 3. The summed E-state index contributed by atoms with van der Waals surface area (Å²) < 4.78 is 40.4. The summed E-state index contributed by atoms with van der Waals surface area (Å²) in [5.74, 6) is -0.308. The Kier molecular flexibility index (Phi) is 3.64. The average molecular weight is 286 g/mol. The molecule has 0 bridgehead atoms. The Labute approximate surface area is 111 Å². The number of aromatic nitrogens is 2. The molecule has 0 aliphatic carbocycles. The first-order valence-electron chi connectivity index (χ1n) is 5.46. The molecule has 2 rings (SSSR count). The van der Waals surface area contributed by atoms with Crippen LogP contribution in [0.25, 0.3) is 0 Å². The summed E-state index contributed by atoms with van der Waals surface area (Å²) in [5.41, 5.74) is 1.19. The van der Waals surface area contributed by atoms with Crippen LogP contribution in [-0.2, 0) is 6.42 Å². The minimum absolute atomic E-state index is 0.308. The molecule has 0 radical (unpaired) electrons. The van der Waals surface area contributed by atoms with Crippen molar-refractivity contribution in [2.75, 3.05) is 0 Å². The van der Waals surface area contributed by atoms with Gasteiger partial charge < -0.3 is 9.84 Å². The summed E-state index contributed by atoms with van der Waals surface area (Å²) in [6.45, 7) is 0. The van der Waals surface area contributed by atoms with Gasteiger partial charge in [0, 0.05) is 12.6 Å². The zero-order valence-electron chi connectivity index (χ0n) is 9.96. The number of nitrogens with zero attached hydrogens (tertiary/aromatic N) is 2. The van der Waals surface area contributed by atoms with Gasteiger partial charge in [-0.05, 0) is 23.8 Å². The molecular weight excluding hydrogens is 277 g/mol. The predicted octanol–water partition coefficient (Wildman–Crippen LogP) is 2.90. The lowest BCUT2D eigenvalue weighted by Gasteiger charge is -2.08. The standard InChI is InChI=1S/C12H9F3N2O3/c13-12(14,15)20-10-3-1-8(2-4-10)7-9-5-6-17(16-9)11(18)19/h1-6H,7H2,(H,18,19). The second kappa shape index (κ2) is 5.24. The molecule has 0 fully saturated rings. The molecule has 0 atom stereocenters. The fraction of sp³-hybridized carbons (Fsp3) is 0.167. The maximum Gasteiger partial charge on any atom is 0.573 e. The SMILES string of the molecule is O=C(O)n1ccc(Cc2ccc(OC(F)(F)F)cc2)n1. The van der Waals surface area contributed by atoms with Crippen molar-refractivity contribution in [2.24, 2.45) is 0 Å². The van der Waals surface area contributed by atoms with Gasteiger partial charge in [0.25, 0.3) is 0 Å². The van der Waals surface area contributed by atoms with Gasteiger partial charge in [-0.15, -0.1) is 13.2 Å². The number of benzene rings is 1. The molecular formula is C12H9F3N2O3. The molecule has 0 saturated carbocycles. The maximum atomic E-state index is 12.0. The Hall–Kier alpha value is -2.51. The van der Waals surface area contributed by atoms with Crippen molar-refractivity contribution >= 4 is 6.09 Å². The number of ether oxygens (including phenoxy) is 1. The van der Waals surface area contributed by atoms with E-state index in [9.17, 15) is 18.0 Å². The summed E-state index contributed by atoms with van der Waals surface area (Å²) in [6.07, 6.45) is -4.32. The monoisotopic (exact) mass is 286 g/mol. The van der Waals surface area contributed by atoms with Crippen LogP contribution >= 0.6 is 0 Å². The van der Waals surface area contributed by atoms with E-state index >= 15 is 0 Å². The predicted molar refractivity (Wildman–Crippen MR) is 61.6 cm³/mol. The molecule has 1 aromatic carbocycles. The van der Waals surface area contributed by atoms with Crippen LogP contribution in [0, 0.1) is 0 Å². The van der Waals surface area contributed by atoms with Crippen LogP contribution in [0.3, 0.4) is 0 Å². The number of rotatable bonds is 3. The number of hydrogen-bond donors (Lipinski definition) is 1. The van der Waals surface area contributed by atoms with E-state index in [0.717, 1.165) is 4.68 Å². The summed E-state index contributed by atoms with van der Waals surface area (Å²) in [6, 6.07) is 6.82. The van der Waals surface area contributed by atoms with Crippen LogP contribution < -0.4 is 4.74 Å². The number of carbonyl (C=O) groups is 1. The molecule has 2 aromatic rings. The molecule has 0 saturated heterocycles. The number of hydrogen-bond acceptors (Lipinski definition) is 3. The lowest BCUT2D eigenvalue weighted by atomic mass is 10.1. The highest BCUT2D eigenvalue weighted by molar-refractivity contribution is 5.66. The van der Waals surface area contributed by atoms with E-state index in [1.807, 2.05) is 0 Å². The summed E-state index contributed by atoms with van der Waals surface area (Å²) in [7, 11) is 0. The summed E-state index contributed by atoms with van der Waals surface area (Å²) in [4.78, 5) is 10.6. The Morgan fingerprint density at radius 3 is 2.40 bits per heavy atom. The van der Waals surface area contributed by atoms with Crippen molar-refractivity contribution in [3.05, 3.63) is 47.8 Å². The minimum Gasteiger partial charge on any atom is -0.463 e. The van der Waals surface area contributed by atoms with E-state index in [0.29, 0.717) is 17.7 Å². The van der Waals surface area contributed by atoms with Crippen molar-refractivity contribution in [2.45, 2.75) is 12.8 Å². The van der Waals surface area contributed by atoms with Crippen molar-refractivity contribution in [1.29, 1.82) is 0 Å². The molecule has 0 aliphatic rings. The van der Waals surface area contributed by atoms with Gasteiger partial charge in [-0.3, -0.25) is 0 Å². The first-order valence-corrected chi connectivity index (χ1v) is 5.46. The summed E-state index contributed by atoms with van der Waals surface area (Å²) in [5, 5.41) is 12.5. The molecule has 1 heterocycles. The van der Waals surface area contributed by atoms with E-state index < -0.39 is 12.5 Å². The molecule has 0 unspecified atom stereocenters. The van der Waals surface area contributed by atoms with E-state index in [1.165, 1.54) is 36.5 Å². The molecule has 0 amide bonds. The molecule has 0 aliphatic heterocycles. The van der Waals surface area contributed by atoms with Crippen LogP contribution in [0.1, 0.15) is 11.3 Å². The third-order valence-electron chi connectivity index (χ3n) is 2.38. The molecule has 106 valence electrons. The fourth-order valence-corrected chi connectivity index (χ4v) is 1.58. The van der Waals surface area contributed by atoms with E-state index in [-0.39, 0.29) is 5.75 Å². The van der Waals surface area contributed by atoms with Gasteiger partial charge in [-0.1, -0.05) is 12.1 Å². The van der Waals surface area contributed by atoms with Crippen LogP contribution in [-0.4, -0.2) is 27.3 Å².